The molecule has 0 bridgehead atoms. The van der Waals surface area contributed by atoms with Crippen LogP contribution in [-0.2, 0) is 9.47 Å². The van der Waals surface area contributed by atoms with Gasteiger partial charge in [-0.05, 0) is 111 Å². The number of ether oxygens (including phenoxy) is 2. The Balaban J connectivity index is 2.19. The van der Waals surface area contributed by atoms with Crippen LogP contribution < -0.4 is 0 Å². The predicted octanol–water partition coefficient (Wildman–Crippen LogP) is 13.8. The molecule has 3 heteroatoms. The second-order valence-corrected chi connectivity index (χ2v) is 14.6. The summed E-state index contributed by atoms with van der Waals surface area (Å²) in [5.74, 6) is -0.312. The molecule has 274 valence electrons. The average Bonchev–Trinajstić information content (AvgIpc) is 3.47. The Morgan fingerprint density at radius 1 is 0.511 bits per heavy atom. The number of allylic oxidation sites excluding steroid dienone is 8. The van der Waals surface area contributed by atoms with Gasteiger partial charge in [0.2, 0.25) is 0 Å². The van der Waals surface area contributed by atoms with Gasteiger partial charge in [0.25, 0.3) is 0 Å². The minimum Gasteiger partial charge on any atom is -0.347 e. The zero-order valence-electron chi connectivity index (χ0n) is 32.2. The highest BCUT2D eigenvalue weighted by molar-refractivity contribution is 4.93. The van der Waals surface area contributed by atoms with E-state index in [0.29, 0.717) is 0 Å². The van der Waals surface area contributed by atoms with E-state index in [4.69, 9.17) is 9.47 Å². The highest BCUT2D eigenvalue weighted by atomic mass is 16.7. The van der Waals surface area contributed by atoms with Gasteiger partial charge in [-0.15, -0.1) is 0 Å². The molecule has 0 radical (unpaired) electrons. The van der Waals surface area contributed by atoms with Crippen molar-refractivity contribution >= 4 is 0 Å². The van der Waals surface area contributed by atoms with Gasteiger partial charge in [-0.2, -0.15) is 0 Å². The second-order valence-electron chi connectivity index (χ2n) is 14.6. The largest absolute Gasteiger partial charge is 0.347 e. The molecule has 0 N–H and O–H groups in total. The summed E-state index contributed by atoms with van der Waals surface area (Å²) in [5, 5.41) is 0. The van der Waals surface area contributed by atoms with Crippen LogP contribution in [0.5, 0.6) is 0 Å². The Bertz CT molecular complexity index is 719. The van der Waals surface area contributed by atoms with Gasteiger partial charge in [0, 0.05) is 12.8 Å². The zero-order valence-corrected chi connectivity index (χ0v) is 32.2. The van der Waals surface area contributed by atoms with Gasteiger partial charge < -0.3 is 14.4 Å². The smallest absolute Gasteiger partial charge is 0.168 e. The Morgan fingerprint density at radius 2 is 0.915 bits per heavy atom. The van der Waals surface area contributed by atoms with Crippen LogP contribution in [-0.4, -0.2) is 44.0 Å². The van der Waals surface area contributed by atoms with Gasteiger partial charge in [0.1, 0.15) is 0 Å². The second kappa shape index (κ2) is 33.3. The fourth-order valence-electron chi connectivity index (χ4n) is 6.55. The van der Waals surface area contributed by atoms with Gasteiger partial charge >= 0.3 is 0 Å². The fourth-order valence-corrected chi connectivity index (χ4v) is 6.55. The molecule has 0 aromatic heterocycles. The minimum atomic E-state index is -0.312. The summed E-state index contributed by atoms with van der Waals surface area (Å²) in [6.07, 6.45) is 54.6. The first kappa shape index (κ1) is 43.9. The maximum absolute atomic E-state index is 6.71. The van der Waals surface area contributed by atoms with E-state index < -0.39 is 0 Å². The van der Waals surface area contributed by atoms with Crippen molar-refractivity contribution in [3.63, 3.8) is 0 Å². The first-order valence-corrected chi connectivity index (χ1v) is 20.7. The van der Waals surface area contributed by atoms with Crippen molar-refractivity contribution in [1.29, 1.82) is 0 Å². The first-order valence-electron chi connectivity index (χ1n) is 20.7. The number of hydrogen-bond acceptors (Lipinski definition) is 3. The lowest BCUT2D eigenvalue weighted by atomic mass is 9.98. The van der Waals surface area contributed by atoms with Crippen molar-refractivity contribution in [2.45, 2.75) is 206 Å². The number of unbranched alkanes of at least 4 members (excludes halogenated alkanes) is 18. The molecule has 0 aromatic rings. The summed E-state index contributed by atoms with van der Waals surface area (Å²) < 4.78 is 13.2. The fraction of sp³-hybridized carbons (Fsp3) is 0.818. The van der Waals surface area contributed by atoms with Crippen molar-refractivity contribution in [1.82, 2.24) is 4.90 Å². The molecule has 47 heavy (non-hydrogen) atoms. The van der Waals surface area contributed by atoms with Crippen LogP contribution in [0, 0.1) is 0 Å². The number of rotatable bonds is 34. The highest BCUT2D eigenvalue weighted by Crippen LogP contribution is 2.36. The van der Waals surface area contributed by atoms with Gasteiger partial charge in [0.15, 0.2) is 5.79 Å². The van der Waals surface area contributed by atoms with E-state index in [1.165, 1.54) is 148 Å². The van der Waals surface area contributed by atoms with E-state index in [-0.39, 0.29) is 11.9 Å². The average molecular weight is 656 g/mol. The van der Waals surface area contributed by atoms with Crippen molar-refractivity contribution in [3.05, 3.63) is 48.6 Å². The molecule has 1 atom stereocenters. The lowest BCUT2D eigenvalue weighted by molar-refractivity contribution is -0.180. The molecule has 1 saturated heterocycles. The third-order valence-electron chi connectivity index (χ3n) is 9.56. The highest BCUT2D eigenvalue weighted by Gasteiger charge is 2.40. The van der Waals surface area contributed by atoms with Crippen LogP contribution >= 0.6 is 0 Å². The van der Waals surface area contributed by atoms with Crippen molar-refractivity contribution in [3.8, 4) is 0 Å². The van der Waals surface area contributed by atoms with Gasteiger partial charge in [-0.25, -0.2) is 0 Å². The summed E-state index contributed by atoms with van der Waals surface area (Å²) >= 11 is 0. The molecular weight excluding hydrogens is 574 g/mol. The quantitative estimate of drug-likeness (QED) is 0.0508. The molecule has 1 rings (SSSR count). The Morgan fingerprint density at radius 3 is 1.34 bits per heavy atom. The number of nitrogens with zero attached hydrogens (tertiary/aromatic N) is 1. The predicted molar refractivity (Wildman–Crippen MR) is 209 cm³/mol. The van der Waals surface area contributed by atoms with E-state index in [9.17, 15) is 0 Å². The summed E-state index contributed by atoms with van der Waals surface area (Å²) in [6, 6.07) is 0. The molecule has 0 unspecified atom stereocenters. The molecule has 0 aliphatic carbocycles. The van der Waals surface area contributed by atoms with Crippen LogP contribution in [0.1, 0.15) is 194 Å². The lowest BCUT2D eigenvalue weighted by Gasteiger charge is -2.28. The van der Waals surface area contributed by atoms with E-state index in [0.717, 1.165) is 45.3 Å². The summed E-state index contributed by atoms with van der Waals surface area (Å²) in [5.41, 5.74) is 0. The molecule has 1 fully saturated rings. The molecule has 0 amide bonds. The van der Waals surface area contributed by atoms with Crippen molar-refractivity contribution in [2.75, 3.05) is 27.2 Å². The third kappa shape index (κ3) is 28.4. The Labute approximate surface area is 295 Å². The van der Waals surface area contributed by atoms with Crippen LogP contribution in [0.3, 0.4) is 0 Å². The first-order chi connectivity index (χ1) is 23.1. The molecule has 0 spiro atoms. The topological polar surface area (TPSA) is 21.7 Å². The van der Waals surface area contributed by atoms with Gasteiger partial charge in [0.05, 0.1) is 12.7 Å². The van der Waals surface area contributed by atoms with Crippen molar-refractivity contribution < 1.29 is 9.47 Å². The minimum absolute atomic E-state index is 0.282. The molecule has 1 aliphatic rings. The van der Waals surface area contributed by atoms with Crippen molar-refractivity contribution in [2.24, 2.45) is 0 Å². The SMILES string of the molecule is CCCCC/C=C\C/C=C\CCCCCCCCC1(CCCCCCCC/C=C\C/C=C\CCCCC)OC[C@H](CCCN(C)C)O1. The van der Waals surface area contributed by atoms with Gasteiger partial charge in [-0.1, -0.05) is 140 Å². The van der Waals surface area contributed by atoms with Crippen LogP contribution in [0.4, 0.5) is 0 Å². The molecule has 1 heterocycles. The van der Waals surface area contributed by atoms with Crippen LogP contribution in [0.25, 0.3) is 0 Å². The Hall–Kier alpha value is -1.16. The normalized spacial score (nSPS) is 16.8. The van der Waals surface area contributed by atoms with E-state index in [1.807, 2.05) is 0 Å². The number of hydrogen-bond donors (Lipinski definition) is 0. The molecule has 3 nitrogen and oxygen atoms in total. The Kier molecular flexibility index (Phi) is 31.1. The molecule has 0 aromatic carbocycles. The third-order valence-corrected chi connectivity index (χ3v) is 9.56. The lowest BCUT2D eigenvalue weighted by Crippen LogP contribution is -2.31. The van der Waals surface area contributed by atoms with E-state index in [2.05, 4.69) is 81.5 Å². The summed E-state index contributed by atoms with van der Waals surface area (Å²) in [7, 11) is 4.32. The molecule has 0 saturated carbocycles. The summed E-state index contributed by atoms with van der Waals surface area (Å²) in [4.78, 5) is 2.28. The molecular formula is C44H81NO2. The zero-order chi connectivity index (χ0) is 33.9. The monoisotopic (exact) mass is 656 g/mol. The summed E-state index contributed by atoms with van der Waals surface area (Å²) in [6.45, 7) is 6.46. The maximum Gasteiger partial charge on any atom is 0.168 e. The molecule has 1 aliphatic heterocycles. The standard InChI is InChI=1S/C44H81NO2/c1-5-7-9-11-13-15-17-19-21-23-25-27-29-31-33-35-39-44(46-42-43(47-44)38-37-41-45(3)4)40-36-34-32-30-28-26-24-22-20-18-16-14-12-10-8-6-2/h13-16,19-22,43H,5-12,17-18,23-42H2,1-4H3/b15-13-,16-14-,21-19-,22-20-/t43-/m0/s1. The maximum atomic E-state index is 6.71. The van der Waals surface area contributed by atoms with Crippen LogP contribution in [0.15, 0.2) is 48.6 Å². The van der Waals surface area contributed by atoms with E-state index in [1.54, 1.807) is 0 Å². The van der Waals surface area contributed by atoms with Crippen LogP contribution in [0.2, 0.25) is 0 Å². The van der Waals surface area contributed by atoms with Gasteiger partial charge in [-0.3, -0.25) is 0 Å². The van der Waals surface area contributed by atoms with E-state index >= 15 is 0 Å².